The van der Waals surface area contributed by atoms with E-state index in [-0.39, 0.29) is 12.2 Å². The fourth-order valence-corrected chi connectivity index (χ4v) is 2.00. The summed E-state index contributed by atoms with van der Waals surface area (Å²) < 4.78 is 5.08. The minimum absolute atomic E-state index is 0.0204. The molecule has 0 bridgehead atoms. The molecule has 3 heteroatoms. The smallest absolute Gasteiger partial charge is 0.164 e. The Morgan fingerprint density at radius 3 is 2.35 bits per heavy atom. The van der Waals surface area contributed by atoms with Gasteiger partial charge in [0.2, 0.25) is 0 Å². The molecule has 0 saturated heterocycles. The van der Waals surface area contributed by atoms with Crippen molar-refractivity contribution in [3.63, 3.8) is 0 Å². The van der Waals surface area contributed by atoms with Crippen LogP contribution in [0.4, 0.5) is 0 Å². The lowest BCUT2D eigenvalue weighted by atomic mass is 9.93. The summed E-state index contributed by atoms with van der Waals surface area (Å²) in [5, 5.41) is 9.27. The van der Waals surface area contributed by atoms with E-state index in [0.29, 0.717) is 5.56 Å². The Hall–Kier alpha value is -2.60. The maximum atomic E-state index is 12.1. The SMILES string of the molecule is COc1ccc([C@H](C#N)CC(=O)c2ccccc2)cc1. The number of Topliss-reactive ketones (excluding diaryl/α,β-unsaturated/α-hetero) is 1. The van der Waals surface area contributed by atoms with Gasteiger partial charge < -0.3 is 4.74 Å². The zero-order valence-electron chi connectivity index (χ0n) is 11.2. The number of hydrogen-bond acceptors (Lipinski definition) is 3. The van der Waals surface area contributed by atoms with Crippen LogP contribution in [0.5, 0.6) is 5.75 Å². The van der Waals surface area contributed by atoms with Crippen molar-refractivity contribution < 1.29 is 9.53 Å². The van der Waals surface area contributed by atoms with Crippen LogP contribution in [0.2, 0.25) is 0 Å². The summed E-state index contributed by atoms with van der Waals surface area (Å²) in [6.45, 7) is 0. The number of hydrogen-bond donors (Lipinski definition) is 0. The summed E-state index contributed by atoms with van der Waals surface area (Å²) in [5.41, 5.74) is 1.47. The van der Waals surface area contributed by atoms with Crippen LogP contribution in [0, 0.1) is 11.3 Å². The molecule has 2 rings (SSSR count). The van der Waals surface area contributed by atoms with E-state index in [4.69, 9.17) is 4.74 Å². The number of rotatable bonds is 5. The average molecular weight is 265 g/mol. The topological polar surface area (TPSA) is 50.1 Å². The van der Waals surface area contributed by atoms with Gasteiger partial charge in [0.25, 0.3) is 0 Å². The second-order valence-corrected chi connectivity index (χ2v) is 4.45. The van der Waals surface area contributed by atoms with E-state index in [9.17, 15) is 10.1 Å². The van der Waals surface area contributed by atoms with E-state index in [1.165, 1.54) is 0 Å². The lowest BCUT2D eigenvalue weighted by molar-refractivity contribution is 0.0979. The largest absolute Gasteiger partial charge is 0.497 e. The molecule has 0 radical (unpaired) electrons. The van der Waals surface area contributed by atoms with Crippen molar-refractivity contribution in [3.05, 3.63) is 65.7 Å². The van der Waals surface area contributed by atoms with E-state index < -0.39 is 5.92 Å². The Bertz CT molecular complexity index is 612. The van der Waals surface area contributed by atoms with Crippen LogP contribution < -0.4 is 4.74 Å². The molecule has 0 unspecified atom stereocenters. The van der Waals surface area contributed by atoms with Crippen LogP contribution in [0.15, 0.2) is 54.6 Å². The maximum Gasteiger partial charge on any atom is 0.164 e. The molecule has 100 valence electrons. The number of nitriles is 1. The van der Waals surface area contributed by atoms with Gasteiger partial charge in [0.15, 0.2) is 5.78 Å². The fraction of sp³-hybridized carbons (Fsp3) is 0.176. The van der Waals surface area contributed by atoms with Crippen LogP contribution in [0.3, 0.4) is 0 Å². The molecule has 20 heavy (non-hydrogen) atoms. The summed E-state index contributed by atoms with van der Waals surface area (Å²) in [6.07, 6.45) is 0.187. The van der Waals surface area contributed by atoms with Gasteiger partial charge in [-0.15, -0.1) is 0 Å². The van der Waals surface area contributed by atoms with Gasteiger partial charge in [-0.2, -0.15) is 5.26 Å². The highest BCUT2D eigenvalue weighted by Crippen LogP contribution is 2.23. The third-order valence-electron chi connectivity index (χ3n) is 3.16. The zero-order valence-corrected chi connectivity index (χ0v) is 11.2. The monoisotopic (exact) mass is 265 g/mol. The van der Waals surface area contributed by atoms with Gasteiger partial charge >= 0.3 is 0 Å². The van der Waals surface area contributed by atoms with Crippen molar-refractivity contribution in [2.24, 2.45) is 0 Å². The molecule has 0 aliphatic carbocycles. The first-order valence-electron chi connectivity index (χ1n) is 6.36. The highest BCUT2D eigenvalue weighted by molar-refractivity contribution is 5.96. The van der Waals surface area contributed by atoms with Crippen LogP contribution in [0.25, 0.3) is 0 Å². The Labute approximate surface area is 118 Å². The standard InChI is InChI=1S/C17H15NO2/c1-20-16-9-7-13(8-10-16)15(12-18)11-17(19)14-5-3-2-4-6-14/h2-10,15H,11H2,1H3/t15-/m0/s1. The Balaban J connectivity index is 2.13. The minimum atomic E-state index is -0.436. The van der Waals surface area contributed by atoms with Crippen LogP contribution in [-0.4, -0.2) is 12.9 Å². The number of ketones is 1. The molecule has 1 atom stereocenters. The van der Waals surface area contributed by atoms with E-state index in [2.05, 4.69) is 6.07 Å². The van der Waals surface area contributed by atoms with E-state index in [1.807, 2.05) is 30.3 Å². The average Bonchev–Trinajstić information content (AvgIpc) is 2.53. The van der Waals surface area contributed by atoms with E-state index >= 15 is 0 Å². The molecule has 3 nitrogen and oxygen atoms in total. The van der Waals surface area contributed by atoms with Crippen molar-refractivity contribution in [2.75, 3.05) is 7.11 Å². The van der Waals surface area contributed by atoms with Crippen LogP contribution in [0.1, 0.15) is 28.3 Å². The Kier molecular flexibility index (Phi) is 4.52. The molecule has 0 saturated carbocycles. The van der Waals surface area contributed by atoms with Crippen molar-refractivity contribution >= 4 is 5.78 Å². The summed E-state index contributed by atoms with van der Waals surface area (Å²) in [7, 11) is 1.59. The van der Waals surface area contributed by atoms with Crippen molar-refractivity contribution in [1.29, 1.82) is 5.26 Å². The van der Waals surface area contributed by atoms with Gasteiger partial charge in [0, 0.05) is 12.0 Å². The van der Waals surface area contributed by atoms with Gasteiger partial charge in [0.05, 0.1) is 19.1 Å². The van der Waals surface area contributed by atoms with Crippen molar-refractivity contribution in [1.82, 2.24) is 0 Å². The third-order valence-corrected chi connectivity index (χ3v) is 3.16. The molecule has 0 N–H and O–H groups in total. The molecule has 0 aliphatic rings. The number of nitrogens with zero attached hydrogens (tertiary/aromatic N) is 1. The van der Waals surface area contributed by atoms with Gasteiger partial charge in [-0.1, -0.05) is 42.5 Å². The molecule has 0 aromatic heterocycles. The quantitative estimate of drug-likeness (QED) is 0.776. The molecule has 0 heterocycles. The fourth-order valence-electron chi connectivity index (χ4n) is 2.00. The number of ether oxygens (including phenoxy) is 1. The molecular formula is C17H15NO2. The first kappa shape index (κ1) is 13.8. The Morgan fingerprint density at radius 2 is 1.80 bits per heavy atom. The van der Waals surface area contributed by atoms with Crippen LogP contribution in [-0.2, 0) is 0 Å². The first-order chi connectivity index (χ1) is 9.74. The van der Waals surface area contributed by atoms with Crippen molar-refractivity contribution in [2.45, 2.75) is 12.3 Å². The lowest BCUT2D eigenvalue weighted by Gasteiger charge is -2.09. The van der Waals surface area contributed by atoms with E-state index in [1.54, 1.807) is 31.4 Å². The molecule has 0 amide bonds. The second-order valence-electron chi connectivity index (χ2n) is 4.45. The molecule has 0 fully saturated rings. The maximum absolute atomic E-state index is 12.1. The normalized spacial score (nSPS) is 11.4. The van der Waals surface area contributed by atoms with Gasteiger partial charge in [-0.05, 0) is 17.7 Å². The second kappa shape index (κ2) is 6.53. The summed E-state index contributed by atoms with van der Waals surface area (Å²) in [6, 6.07) is 18.5. The molecule has 2 aromatic carbocycles. The van der Waals surface area contributed by atoms with E-state index in [0.717, 1.165) is 11.3 Å². The number of carbonyl (C=O) groups is 1. The van der Waals surface area contributed by atoms with Gasteiger partial charge in [-0.3, -0.25) is 4.79 Å². The molecule has 2 aromatic rings. The lowest BCUT2D eigenvalue weighted by Crippen LogP contribution is -2.06. The molecule has 0 spiro atoms. The predicted molar refractivity (Wildman–Crippen MR) is 76.7 cm³/mol. The Morgan fingerprint density at radius 1 is 1.15 bits per heavy atom. The highest BCUT2D eigenvalue weighted by atomic mass is 16.5. The summed E-state index contributed by atoms with van der Waals surface area (Å²) in [5.74, 6) is 0.279. The molecular weight excluding hydrogens is 250 g/mol. The zero-order chi connectivity index (χ0) is 14.4. The van der Waals surface area contributed by atoms with Gasteiger partial charge in [-0.25, -0.2) is 0 Å². The first-order valence-corrected chi connectivity index (χ1v) is 6.36. The number of methoxy groups -OCH3 is 1. The summed E-state index contributed by atoms with van der Waals surface area (Å²) in [4.78, 5) is 12.1. The molecule has 0 aliphatic heterocycles. The summed E-state index contributed by atoms with van der Waals surface area (Å²) >= 11 is 0. The number of benzene rings is 2. The minimum Gasteiger partial charge on any atom is -0.497 e. The third kappa shape index (κ3) is 3.24. The van der Waals surface area contributed by atoms with Gasteiger partial charge in [0.1, 0.15) is 5.75 Å². The predicted octanol–water partition coefficient (Wildman–Crippen LogP) is 3.58. The highest BCUT2D eigenvalue weighted by Gasteiger charge is 2.16. The van der Waals surface area contributed by atoms with Crippen LogP contribution >= 0.6 is 0 Å². The van der Waals surface area contributed by atoms with Crippen molar-refractivity contribution in [3.8, 4) is 11.8 Å². The number of carbonyl (C=O) groups excluding carboxylic acids is 1.